The molecular formula is C23H36N6O2. The summed E-state index contributed by atoms with van der Waals surface area (Å²) in [4.78, 5) is 7.38. The molecule has 0 bridgehead atoms. The van der Waals surface area contributed by atoms with Crippen molar-refractivity contribution in [2.24, 2.45) is 4.99 Å². The zero-order valence-corrected chi connectivity index (χ0v) is 19.0. The van der Waals surface area contributed by atoms with E-state index in [-0.39, 0.29) is 6.04 Å². The Bertz CT molecular complexity index is 799. The number of aryl methyl sites for hydroxylation is 2. The second-order valence-electron chi connectivity index (χ2n) is 7.71. The SMILES string of the molecule is CCNC(=NCC(c1ccc(OC)cc1)N1CCOCC1)NCCCc1cn[nH]c1C. The van der Waals surface area contributed by atoms with Crippen LogP contribution in [0.1, 0.15) is 36.2 Å². The van der Waals surface area contributed by atoms with Gasteiger partial charge in [-0.3, -0.25) is 15.0 Å². The highest BCUT2D eigenvalue weighted by Crippen LogP contribution is 2.24. The number of nitrogens with zero attached hydrogens (tertiary/aromatic N) is 3. The first-order valence-electron chi connectivity index (χ1n) is 11.2. The Morgan fingerprint density at radius 2 is 2.03 bits per heavy atom. The Hall–Kier alpha value is -2.58. The van der Waals surface area contributed by atoms with Gasteiger partial charge in [-0.05, 0) is 49.9 Å². The van der Waals surface area contributed by atoms with E-state index in [1.54, 1.807) is 7.11 Å². The van der Waals surface area contributed by atoms with E-state index in [4.69, 9.17) is 14.5 Å². The largest absolute Gasteiger partial charge is 0.497 e. The van der Waals surface area contributed by atoms with Gasteiger partial charge in [0.15, 0.2) is 5.96 Å². The molecule has 8 nitrogen and oxygen atoms in total. The smallest absolute Gasteiger partial charge is 0.191 e. The van der Waals surface area contributed by atoms with Crippen LogP contribution >= 0.6 is 0 Å². The second-order valence-corrected chi connectivity index (χ2v) is 7.71. The van der Waals surface area contributed by atoms with Crippen molar-refractivity contribution in [3.8, 4) is 5.75 Å². The molecule has 1 aliphatic rings. The molecule has 0 saturated carbocycles. The number of ether oxygens (including phenoxy) is 2. The first kappa shape index (κ1) is 23.1. The van der Waals surface area contributed by atoms with Gasteiger partial charge < -0.3 is 20.1 Å². The molecule has 1 fully saturated rings. The van der Waals surface area contributed by atoms with Crippen LogP contribution in [0, 0.1) is 6.92 Å². The fraction of sp³-hybridized carbons (Fsp3) is 0.565. The lowest BCUT2D eigenvalue weighted by atomic mass is 10.0. The maximum Gasteiger partial charge on any atom is 0.191 e. The van der Waals surface area contributed by atoms with Crippen LogP contribution in [0.2, 0.25) is 0 Å². The van der Waals surface area contributed by atoms with Gasteiger partial charge in [0.25, 0.3) is 0 Å². The van der Waals surface area contributed by atoms with Gasteiger partial charge in [0.2, 0.25) is 0 Å². The minimum atomic E-state index is 0.207. The van der Waals surface area contributed by atoms with Gasteiger partial charge in [0.1, 0.15) is 5.75 Å². The van der Waals surface area contributed by atoms with Gasteiger partial charge in [-0.25, -0.2) is 0 Å². The van der Waals surface area contributed by atoms with Crippen molar-refractivity contribution in [2.45, 2.75) is 32.7 Å². The molecule has 3 N–H and O–H groups in total. The predicted octanol–water partition coefficient (Wildman–Crippen LogP) is 2.29. The number of aliphatic imine (C=N–C) groups is 1. The zero-order valence-electron chi connectivity index (χ0n) is 19.0. The second kappa shape index (κ2) is 12.3. The van der Waals surface area contributed by atoms with Crippen LogP contribution in [0.3, 0.4) is 0 Å². The topological polar surface area (TPSA) is 86.8 Å². The van der Waals surface area contributed by atoms with Gasteiger partial charge in [0.05, 0.1) is 39.1 Å². The number of aromatic nitrogens is 2. The van der Waals surface area contributed by atoms with Crippen molar-refractivity contribution in [3.05, 3.63) is 47.3 Å². The van der Waals surface area contributed by atoms with E-state index in [0.717, 1.165) is 69.6 Å². The van der Waals surface area contributed by atoms with E-state index in [0.29, 0.717) is 6.54 Å². The van der Waals surface area contributed by atoms with Gasteiger partial charge >= 0.3 is 0 Å². The Labute approximate surface area is 185 Å². The average Bonchev–Trinajstić information content (AvgIpc) is 3.22. The van der Waals surface area contributed by atoms with Crippen LogP contribution in [0.15, 0.2) is 35.5 Å². The van der Waals surface area contributed by atoms with E-state index in [2.05, 4.69) is 51.7 Å². The van der Waals surface area contributed by atoms with Crippen LogP contribution in [0.25, 0.3) is 0 Å². The molecule has 1 aromatic heterocycles. The summed E-state index contributed by atoms with van der Waals surface area (Å²) in [5.41, 5.74) is 3.67. The highest BCUT2D eigenvalue weighted by molar-refractivity contribution is 5.79. The normalized spacial score (nSPS) is 16.2. The van der Waals surface area contributed by atoms with E-state index >= 15 is 0 Å². The number of hydrogen-bond acceptors (Lipinski definition) is 5. The van der Waals surface area contributed by atoms with Crippen molar-refractivity contribution in [1.29, 1.82) is 0 Å². The summed E-state index contributed by atoms with van der Waals surface area (Å²) >= 11 is 0. The van der Waals surface area contributed by atoms with Gasteiger partial charge in [-0.2, -0.15) is 5.10 Å². The molecule has 1 aromatic carbocycles. The highest BCUT2D eigenvalue weighted by Gasteiger charge is 2.22. The molecule has 1 unspecified atom stereocenters. The maximum atomic E-state index is 5.56. The van der Waals surface area contributed by atoms with E-state index < -0.39 is 0 Å². The zero-order chi connectivity index (χ0) is 21.9. The number of guanidine groups is 1. The van der Waals surface area contributed by atoms with E-state index in [1.807, 2.05) is 18.3 Å². The number of aromatic amines is 1. The van der Waals surface area contributed by atoms with Crippen molar-refractivity contribution < 1.29 is 9.47 Å². The summed E-state index contributed by atoms with van der Waals surface area (Å²) in [5, 5.41) is 13.9. The molecule has 8 heteroatoms. The predicted molar refractivity (Wildman–Crippen MR) is 124 cm³/mol. The van der Waals surface area contributed by atoms with Crippen molar-refractivity contribution in [2.75, 3.05) is 53.0 Å². The van der Waals surface area contributed by atoms with Crippen molar-refractivity contribution >= 4 is 5.96 Å². The summed E-state index contributed by atoms with van der Waals surface area (Å²) in [7, 11) is 1.70. The monoisotopic (exact) mass is 428 g/mol. The summed E-state index contributed by atoms with van der Waals surface area (Å²) in [6.07, 6.45) is 3.93. The Balaban J connectivity index is 1.62. The number of benzene rings is 1. The van der Waals surface area contributed by atoms with Crippen LogP contribution in [0.4, 0.5) is 0 Å². The molecule has 1 atom stereocenters. The number of methoxy groups -OCH3 is 1. The Kier molecular flexibility index (Phi) is 9.17. The molecule has 0 amide bonds. The minimum Gasteiger partial charge on any atom is -0.497 e. The molecule has 0 spiro atoms. The van der Waals surface area contributed by atoms with E-state index in [9.17, 15) is 0 Å². The summed E-state index contributed by atoms with van der Waals surface area (Å²) in [5.74, 6) is 1.73. The molecule has 170 valence electrons. The molecule has 2 heterocycles. The molecule has 0 radical (unpaired) electrons. The third-order valence-corrected chi connectivity index (χ3v) is 5.60. The average molecular weight is 429 g/mol. The minimum absolute atomic E-state index is 0.207. The molecule has 1 aliphatic heterocycles. The first-order chi connectivity index (χ1) is 15.2. The number of rotatable bonds is 10. The van der Waals surface area contributed by atoms with Crippen LogP contribution in [0.5, 0.6) is 5.75 Å². The standard InChI is InChI=1S/C23H36N6O2/c1-4-24-23(25-11-5-6-20-16-27-28-18(20)2)26-17-22(29-12-14-31-15-13-29)19-7-9-21(30-3)10-8-19/h7-10,16,22H,4-6,11-15,17H2,1-3H3,(H,27,28)(H2,24,25,26). The summed E-state index contributed by atoms with van der Waals surface area (Å²) < 4.78 is 10.9. The maximum absolute atomic E-state index is 5.56. The van der Waals surface area contributed by atoms with Crippen LogP contribution in [-0.2, 0) is 11.2 Å². The lowest BCUT2D eigenvalue weighted by Crippen LogP contribution is -2.42. The van der Waals surface area contributed by atoms with Crippen LogP contribution in [-0.4, -0.2) is 74.1 Å². The first-order valence-corrected chi connectivity index (χ1v) is 11.2. The number of nitrogens with one attached hydrogen (secondary N) is 3. The Morgan fingerprint density at radius 1 is 1.26 bits per heavy atom. The number of morpholine rings is 1. The summed E-state index contributed by atoms with van der Waals surface area (Å²) in [6.45, 7) is 9.90. The third kappa shape index (κ3) is 6.97. The fourth-order valence-electron chi connectivity index (χ4n) is 3.78. The molecule has 0 aliphatic carbocycles. The third-order valence-electron chi connectivity index (χ3n) is 5.60. The Morgan fingerprint density at radius 3 is 2.68 bits per heavy atom. The highest BCUT2D eigenvalue weighted by atomic mass is 16.5. The quantitative estimate of drug-likeness (QED) is 0.306. The van der Waals surface area contributed by atoms with Crippen LogP contribution < -0.4 is 15.4 Å². The number of hydrogen-bond donors (Lipinski definition) is 3. The van der Waals surface area contributed by atoms with Crippen molar-refractivity contribution in [3.63, 3.8) is 0 Å². The lowest BCUT2D eigenvalue weighted by molar-refractivity contribution is 0.0179. The molecule has 1 saturated heterocycles. The molecule has 31 heavy (non-hydrogen) atoms. The summed E-state index contributed by atoms with van der Waals surface area (Å²) in [6, 6.07) is 8.53. The molecule has 2 aromatic rings. The van der Waals surface area contributed by atoms with Crippen molar-refractivity contribution in [1.82, 2.24) is 25.7 Å². The van der Waals surface area contributed by atoms with Gasteiger partial charge in [-0.15, -0.1) is 0 Å². The van der Waals surface area contributed by atoms with Gasteiger partial charge in [0, 0.05) is 31.9 Å². The lowest BCUT2D eigenvalue weighted by Gasteiger charge is -2.34. The van der Waals surface area contributed by atoms with Gasteiger partial charge in [-0.1, -0.05) is 12.1 Å². The number of H-pyrrole nitrogens is 1. The van der Waals surface area contributed by atoms with E-state index in [1.165, 1.54) is 11.1 Å². The fourth-order valence-corrected chi connectivity index (χ4v) is 3.78. The molecular weight excluding hydrogens is 392 g/mol. The molecule has 3 rings (SSSR count).